The molecule has 0 heterocycles. The summed E-state index contributed by atoms with van der Waals surface area (Å²) >= 11 is 0. The third-order valence-corrected chi connectivity index (χ3v) is 4.21. The summed E-state index contributed by atoms with van der Waals surface area (Å²) in [5, 5.41) is 12.9. The molecule has 0 aliphatic carbocycles. The molecule has 0 bridgehead atoms. The first-order valence-electron chi connectivity index (χ1n) is 5.81. The summed E-state index contributed by atoms with van der Waals surface area (Å²) < 4.78 is 0. The largest absolute Gasteiger partial charge is 0.411 e. The Morgan fingerprint density at radius 3 is 1.25 bits per heavy atom. The van der Waals surface area contributed by atoms with Crippen molar-refractivity contribution in [1.29, 1.82) is 0 Å². The maximum Gasteiger partial charge on any atom is 0.0687 e. The molecule has 0 aliphatic heterocycles. The van der Waals surface area contributed by atoms with Crippen molar-refractivity contribution in [2.45, 2.75) is 55.4 Å². The summed E-state index contributed by atoms with van der Waals surface area (Å²) in [7, 11) is 0. The molecule has 0 rings (SSSR count). The molecule has 0 atom stereocenters. The zero-order valence-electron chi connectivity index (χ0n) is 11.5. The van der Waals surface area contributed by atoms with Gasteiger partial charge in [0.25, 0.3) is 0 Å². The Balaban J connectivity index is 0. The predicted octanol–water partition coefficient (Wildman–Crippen LogP) is 2.73. The molecule has 1 N–H and O–H groups in total. The standard InChI is InChI=1S/C13H27NO.H4Si/c1-9(2)12(5,6)11(14-15)13(7,8)10(3)4;/h9-10,15H,1-8H3;1H4. The van der Waals surface area contributed by atoms with Crippen LogP contribution in [0.2, 0.25) is 0 Å². The first kappa shape index (κ1) is 18.1. The van der Waals surface area contributed by atoms with Crippen LogP contribution in [0.15, 0.2) is 5.16 Å². The molecule has 3 heteroatoms. The minimum absolute atomic E-state index is 0. The van der Waals surface area contributed by atoms with E-state index >= 15 is 0 Å². The van der Waals surface area contributed by atoms with Gasteiger partial charge < -0.3 is 5.21 Å². The maximum atomic E-state index is 9.28. The summed E-state index contributed by atoms with van der Waals surface area (Å²) in [5.41, 5.74) is 0.769. The van der Waals surface area contributed by atoms with E-state index in [1.165, 1.54) is 0 Å². The van der Waals surface area contributed by atoms with E-state index in [2.05, 4.69) is 60.5 Å². The third kappa shape index (κ3) is 3.34. The average molecular weight is 245 g/mol. The normalized spacial score (nSPS) is 12.6. The number of hydrogen-bond acceptors (Lipinski definition) is 2. The number of hydrogen-bond donors (Lipinski definition) is 1. The van der Waals surface area contributed by atoms with Crippen LogP contribution < -0.4 is 0 Å². The highest BCUT2D eigenvalue weighted by Crippen LogP contribution is 2.40. The van der Waals surface area contributed by atoms with Crippen molar-refractivity contribution >= 4 is 16.7 Å². The van der Waals surface area contributed by atoms with Crippen LogP contribution in [0.4, 0.5) is 0 Å². The van der Waals surface area contributed by atoms with Gasteiger partial charge in [0.2, 0.25) is 0 Å². The van der Waals surface area contributed by atoms with E-state index in [0.29, 0.717) is 11.8 Å². The molecule has 0 aromatic carbocycles. The highest BCUT2D eigenvalue weighted by Gasteiger charge is 2.40. The number of oxime groups is 1. The van der Waals surface area contributed by atoms with Gasteiger partial charge in [0.05, 0.1) is 5.71 Å². The smallest absolute Gasteiger partial charge is 0.0687 e. The molecular formula is C13H31NOSi. The molecule has 0 amide bonds. The highest BCUT2D eigenvalue weighted by molar-refractivity contribution is 5.94. The minimum Gasteiger partial charge on any atom is -0.411 e. The molecule has 0 aromatic heterocycles. The van der Waals surface area contributed by atoms with Gasteiger partial charge >= 0.3 is 0 Å². The molecule has 0 fully saturated rings. The minimum atomic E-state index is -0.0669. The van der Waals surface area contributed by atoms with E-state index in [1.54, 1.807) is 0 Å². The van der Waals surface area contributed by atoms with E-state index in [1.807, 2.05) is 0 Å². The lowest BCUT2D eigenvalue weighted by molar-refractivity contribution is 0.243. The van der Waals surface area contributed by atoms with Crippen LogP contribution in [0.5, 0.6) is 0 Å². The van der Waals surface area contributed by atoms with Crippen molar-refractivity contribution in [1.82, 2.24) is 0 Å². The maximum absolute atomic E-state index is 9.28. The quantitative estimate of drug-likeness (QED) is 0.351. The lowest BCUT2D eigenvalue weighted by Gasteiger charge is -2.41. The Labute approximate surface area is 106 Å². The van der Waals surface area contributed by atoms with Crippen LogP contribution in [0.25, 0.3) is 0 Å². The summed E-state index contributed by atoms with van der Waals surface area (Å²) in [4.78, 5) is 0. The second-order valence-electron chi connectivity index (χ2n) is 6.20. The Hall–Kier alpha value is -0.313. The van der Waals surface area contributed by atoms with Gasteiger partial charge in [-0.25, -0.2) is 0 Å². The molecule has 0 aromatic rings. The lowest BCUT2D eigenvalue weighted by atomic mass is 9.63. The fraction of sp³-hybridized carbons (Fsp3) is 0.923. The van der Waals surface area contributed by atoms with Crippen molar-refractivity contribution < 1.29 is 5.21 Å². The summed E-state index contributed by atoms with van der Waals surface area (Å²) in [6.07, 6.45) is 0. The molecule has 16 heavy (non-hydrogen) atoms. The van der Waals surface area contributed by atoms with Crippen molar-refractivity contribution in [3.63, 3.8) is 0 Å². The van der Waals surface area contributed by atoms with Gasteiger partial charge in [-0.05, 0) is 22.8 Å². The van der Waals surface area contributed by atoms with Gasteiger partial charge in [-0.15, -0.1) is 0 Å². The fourth-order valence-electron chi connectivity index (χ4n) is 1.63. The zero-order chi connectivity index (χ0) is 12.4. The van der Waals surface area contributed by atoms with Gasteiger partial charge in [-0.1, -0.05) is 60.5 Å². The highest BCUT2D eigenvalue weighted by atomic mass is 28.1. The summed E-state index contributed by atoms with van der Waals surface area (Å²) in [6, 6.07) is 0. The molecule has 98 valence electrons. The summed E-state index contributed by atoms with van der Waals surface area (Å²) in [6.45, 7) is 17.3. The van der Waals surface area contributed by atoms with Crippen molar-refractivity contribution in [3.8, 4) is 0 Å². The first-order chi connectivity index (χ1) is 6.58. The second-order valence-corrected chi connectivity index (χ2v) is 6.20. The van der Waals surface area contributed by atoms with E-state index in [-0.39, 0.29) is 21.8 Å². The summed E-state index contributed by atoms with van der Waals surface area (Å²) in [5.74, 6) is 0.919. The molecule has 0 saturated heterocycles. The van der Waals surface area contributed by atoms with E-state index in [0.717, 1.165) is 5.71 Å². The van der Waals surface area contributed by atoms with Crippen LogP contribution in [-0.2, 0) is 0 Å². The van der Waals surface area contributed by atoms with Crippen molar-refractivity contribution in [2.75, 3.05) is 0 Å². The van der Waals surface area contributed by atoms with Crippen LogP contribution in [0.1, 0.15) is 55.4 Å². The van der Waals surface area contributed by atoms with Gasteiger partial charge in [-0.3, -0.25) is 0 Å². The molecule has 0 radical (unpaired) electrons. The van der Waals surface area contributed by atoms with E-state index in [9.17, 15) is 5.21 Å². The lowest BCUT2D eigenvalue weighted by Crippen LogP contribution is -2.43. The van der Waals surface area contributed by atoms with Gasteiger partial charge in [0, 0.05) is 10.8 Å². The molecular weight excluding hydrogens is 214 g/mol. The van der Waals surface area contributed by atoms with Crippen molar-refractivity contribution in [2.24, 2.45) is 27.8 Å². The first-order valence-corrected chi connectivity index (χ1v) is 5.81. The number of nitrogens with zero attached hydrogens (tertiary/aromatic N) is 1. The molecule has 0 aliphatic rings. The zero-order valence-corrected chi connectivity index (χ0v) is 11.5. The SMILES string of the molecule is CC(C)C(C)(C)C(=NO)C(C)(C)C(C)C.[SiH4]. The molecule has 0 saturated carbocycles. The van der Waals surface area contributed by atoms with Crippen LogP contribution in [-0.4, -0.2) is 21.9 Å². The Morgan fingerprint density at radius 1 is 0.875 bits per heavy atom. The Morgan fingerprint density at radius 2 is 1.12 bits per heavy atom. The average Bonchev–Trinajstić information content (AvgIpc) is 2.03. The Kier molecular flexibility index (Phi) is 6.60. The topological polar surface area (TPSA) is 32.6 Å². The van der Waals surface area contributed by atoms with Crippen LogP contribution in [0.3, 0.4) is 0 Å². The third-order valence-electron chi connectivity index (χ3n) is 4.21. The fourth-order valence-corrected chi connectivity index (χ4v) is 1.63. The monoisotopic (exact) mass is 245 g/mol. The Bertz CT molecular complexity index is 220. The number of rotatable bonds is 4. The van der Waals surface area contributed by atoms with Crippen LogP contribution >= 0.6 is 0 Å². The predicted molar refractivity (Wildman–Crippen MR) is 77.8 cm³/mol. The van der Waals surface area contributed by atoms with E-state index in [4.69, 9.17) is 0 Å². The molecule has 0 spiro atoms. The van der Waals surface area contributed by atoms with Crippen LogP contribution in [0, 0.1) is 22.7 Å². The molecule has 2 nitrogen and oxygen atoms in total. The second kappa shape index (κ2) is 5.85. The molecule has 0 unspecified atom stereocenters. The van der Waals surface area contributed by atoms with Gasteiger partial charge in [0.1, 0.15) is 0 Å². The van der Waals surface area contributed by atoms with Gasteiger partial charge in [-0.2, -0.15) is 0 Å². The van der Waals surface area contributed by atoms with E-state index < -0.39 is 0 Å². The van der Waals surface area contributed by atoms with Crippen molar-refractivity contribution in [3.05, 3.63) is 0 Å². The van der Waals surface area contributed by atoms with Gasteiger partial charge in [0.15, 0.2) is 0 Å².